The lowest BCUT2D eigenvalue weighted by molar-refractivity contribution is -0.139. The molecule has 0 aliphatic carbocycles. The molecule has 0 bridgehead atoms. The summed E-state index contributed by atoms with van der Waals surface area (Å²) in [6.45, 7) is 3.02. The number of esters is 1. The van der Waals surface area contributed by atoms with E-state index < -0.39 is 0 Å². The molecule has 0 unspecified atom stereocenters. The van der Waals surface area contributed by atoms with Crippen LogP contribution in [0.4, 0.5) is 11.5 Å². The van der Waals surface area contributed by atoms with Crippen molar-refractivity contribution in [1.29, 1.82) is 0 Å². The van der Waals surface area contributed by atoms with Crippen LogP contribution in [0.2, 0.25) is 0 Å². The van der Waals surface area contributed by atoms with Gasteiger partial charge in [0.25, 0.3) is 0 Å². The van der Waals surface area contributed by atoms with Crippen LogP contribution >= 0.6 is 11.8 Å². The van der Waals surface area contributed by atoms with Gasteiger partial charge in [0.1, 0.15) is 10.8 Å². The first kappa shape index (κ1) is 22.7. The highest BCUT2D eigenvalue weighted by Crippen LogP contribution is 2.42. The number of aromatic nitrogens is 2. The van der Waals surface area contributed by atoms with Crippen LogP contribution in [0.5, 0.6) is 5.75 Å². The molecule has 8 heteroatoms. The summed E-state index contributed by atoms with van der Waals surface area (Å²) in [5.41, 5.74) is 4.54. The van der Waals surface area contributed by atoms with Crippen LogP contribution < -0.4 is 10.1 Å². The lowest BCUT2D eigenvalue weighted by atomic mass is 9.88. The minimum absolute atomic E-state index is 0.227. The Hall–Kier alpha value is -3.10. The largest absolute Gasteiger partial charge is 0.496 e. The predicted molar refractivity (Wildman–Crippen MR) is 132 cm³/mol. The van der Waals surface area contributed by atoms with Crippen LogP contribution in [-0.2, 0) is 22.5 Å². The Labute approximate surface area is 203 Å². The normalized spacial score (nSPS) is 15.7. The molecule has 0 radical (unpaired) electrons. The fourth-order valence-corrected chi connectivity index (χ4v) is 5.53. The molecule has 7 nitrogen and oxygen atoms in total. The number of hydrogen-bond acceptors (Lipinski definition) is 8. The molecular weight excluding hydrogens is 448 g/mol. The third-order valence-corrected chi connectivity index (χ3v) is 7.58. The van der Waals surface area contributed by atoms with Crippen LogP contribution in [0, 0.1) is 0 Å². The second-order valence-corrected chi connectivity index (χ2v) is 9.67. The van der Waals surface area contributed by atoms with Gasteiger partial charge in [-0.25, -0.2) is 9.97 Å². The maximum Gasteiger partial charge on any atom is 0.310 e. The van der Waals surface area contributed by atoms with Crippen molar-refractivity contribution >= 4 is 29.2 Å². The predicted octanol–water partition coefficient (Wildman–Crippen LogP) is 4.79. The van der Waals surface area contributed by atoms with Crippen LogP contribution in [-0.4, -0.2) is 48.1 Å². The van der Waals surface area contributed by atoms with Crippen molar-refractivity contribution in [2.24, 2.45) is 0 Å². The van der Waals surface area contributed by atoms with Gasteiger partial charge in [-0.05, 0) is 61.2 Å². The highest BCUT2D eigenvalue weighted by atomic mass is 32.2. The molecule has 2 aromatic carbocycles. The van der Waals surface area contributed by atoms with Crippen LogP contribution in [0.1, 0.15) is 35.4 Å². The quantitative estimate of drug-likeness (QED) is 0.398. The van der Waals surface area contributed by atoms with Gasteiger partial charge in [0.05, 0.1) is 26.3 Å². The van der Waals surface area contributed by atoms with Crippen LogP contribution in [0.25, 0.3) is 0 Å². The Morgan fingerprint density at radius 1 is 1.12 bits per heavy atom. The maximum atomic E-state index is 11.7. The van der Waals surface area contributed by atoms with Gasteiger partial charge < -0.3 is 14.8 Å². The summed E-state index contributed by atoms with van der Waals surface area (Å²) in [5, 5.41) is 4.34. The molecular formula is C26H28N4O3S. The van der Waals surface area contributed by atoms with E-state index in [1.165, 1.54) is 23.1 Å². The Kier molecular flexibility index (Phi) is 6.69. The number of nitrogens with zero attached hydrogens (tertiary/aromatic N) is 3. The summed E-state index contributed by atoms with van der Waals surface area (Å²) in [5.74, 6) is 1.82. The van der Waals surface area contributed by atoms with Crippen LogP contribution in [0.3, 0.4) is 0 Å². The maximum absolute atomic E-state index is 11.7. The average molecular weight is 477 g/mol. The zero-order chi connectivity index (χ0) is 23.5. The van der Waals surface area contributed by atoms with Gasteiger partial charge in [-0.2, -0.15) is 0 Å². The van der Waals surface area contributed by atoms with Gasteiger partial charge >= 0.3 is 5.97 Å². The first-order valence-corrected chi connectivity index (χ1v) is 12.3. The lowest BCUT2D eigenvalue weighted by Gasteiger charge is -2.32. The average Bonchev–Trinajstić information content (AvgIpc) is 2.88. The fourth-order valence-electron chi connectivity index (χ4n) is 4.65. The first-order valence-electron chi connectivity index (χ1n) is 11.5. The van der Waals surface area contributed by atoms with Gasteiger partial charge in [-0.1, -0.05) is 30.0 Å². The summed E-state index contributed by atoms with van der Waals surface area (Å²) in [7, 11) is 3.06. The van der Waals surface area contributed by atoms with E-state index in [4.69, 9.17) is 9.47 Å². The van der Waals surface area contributed by atoms with Crippen molar-refractivity contribution in [2.45, 2.75) is 41.6 Å². The minimum atomic E-state index is -0.257. The van der Waals surface area contributed by atoms with E-state index in [-0.39, 0.29) is 12.4 Å². The highest BCUT2D eigenvalue weighted by molar-refractivity contribution is 7.99. The molecule has 2 aliphatic rings. The topological polar surface area (TPSA) is 76.6 Å². The number of likely N-dealkylation sites (tertiary alicyclic amines) is 1. The minimum Gasteiger partial charge on any atom is -0.496 e. The van der Waals surface area contributed by atoms with E-state index in [0.717, 1.165) is 60.3 Å². The molecule has 1 saturated heterocycles. The Bertz CT molecular complexity index is 1190. The van der Waals surface area contributed by atoms with Crippen molar-refractivity contribution in [2.75, 3.05) is 32.6 Å². The number of rotatable bonds is 6. The third-order valence-electron chi connectivity index (χ3n) is 6.51. The fraction of sp³-hybridized carbons (Fsp3) is 0.346. The van der Waals surface area contributed by atoms with Crippen molar-refractivity contribution in [3.05, 3.63) is 65.5 Å². The van der Waals surface area contributed by atoms with Crippen molar-refractivity contribution in [3.63, 3.8) is 0 Å². The number of carbonyl (C=O) groups excluding carboxylic acids is 1. The number of nitrogens with one attached hydrogen (secondary N) is 1. The highest BCUT2D eigenvalue weighted by Gasteiger charge is 2.23. The number of hydrogen-bond donors (Lipinski definition) is 1. The summed E-state index contributed by atoms with van der Waals surface area (Å²) in [6.07, 6.45) is 5.87. The van der Waals surface area contributed by atoms with E-state index >= 15 is 0 Å². The molecule has 1 N–H and O–H groups in total. The van der Waals surface area contributed by atoms with Gasteiger partial charge in [0.2, 0.25) is 0 Å². The zero-order valence-corrected chi connectivity index (χ0v) is 20.2. The number of methoxy groups -OCH3 is 2. The molecule has 1 aromatic heterocycles. The third kappa shape index (κ3) is 4.88. The molecule has 3 aromatic rings. The molecule has 3 heterocycles. The van der Waals surface area contributed by atoms with E-state index in [0.29, 0.717) is 5.92 Å². The molecule has 1 fully saturated rings. The van der Waals surface area contributed by atoms with E-state index in [1.807, 2.05) is 6.07 Å². The number of anilines is 2. The molecule has 0 spiro atoms. The van der Waals surface area contributed by atoms with Crippen molar-refractivity contribution < 1.29 is 14.3 Å². The van der Waals surface area contributed by atoms with Crippen molar-refractivity contribution in [1.82, 2.24) is 14.9 Å². The van der Waals surface area contributed by atoms with Crippen LogP contribution in [0.15, 0.2) is 58.7 Å². The van der Waals surface area contributed by atoms with E-state index in [9.17, 15) is 4.79 Å². The Morgan fingerprint density at radius 2 is 1.94 bits per heavy atom. The molecule has 2 aliphatic heterocycles. The SMILES string of the molecule is COC(=O)Cc1ccc(C2CCN(Cc3ccc4c(c3)Nc3nccnc3S4)CC2)cc1OC. The molecule has 34 heavy (non-hydrogen) atoms. The van der Waals surface area contributed by atoms with E-state index in [1.54, 1.807) is 31.3 Å². The molecule has 176 valence electrons. The number of piperidine rings is 1. The molecule has 5 rings (SSSR count). The summed E-state index contributed by atoms with van der Waals surface area (Å²) >= 11 is 1.66. The number of benzene rings is 2. The van der Waals surface area contributed by atoms with Gasteiger partial charge in [0, 0.05) is 29.4 Å². The number of fused-ring (bicyclic) bond motifs is 2. The second kappa shape index (κ2) is 10.0. The Balaban J connectivity index is 1.20. The van der Waals surface area contributed by atoms with E-state index in [2.05, 4.69) is 50.5 Å². The molecule has 0 amide bonds. The summed E-state index contributed by atoms with van der Waals surface area (Å²) < 4.78 is 10.4. The zero-order valence-electron chi connectivity index (χ0n) is 19.4. The smallest absolute Gasteiger partial charge is 0.310 e. The summed E-state index contributed by atoms with van der Waals surface area (Å²) in [6, 6.07) is 12.8. The standard InChI is InChI=1S/C26H28N4O3S/c1-32-22-14-19(4-5-20(22)15-24(31)33-2)18-7-11-30(12-8-18)16-17-3-6-23-21(13-17)29-25-26(34-23)28-10-9-27-25/h3-6,9-10,13-14,18H,7-8,11-12,15-16H2,1-2H3,(H,27,29). The molecule has 0 saturated carbocycles. The summed E-state index contributed by atoms with van der Waals surface area (Å²) in [4.78, 5) is 24.2. The van der Waals surface area contributed by atoms with Gasteiger partial charge in [-0.15, -0.1) is 0 Å². The van der Waals surface area contributed by atoms with Crippen molar-refractivity contribution in [3.8, 4) is 5.75 Å². The lowest BCUT2D eigenvalue weighted by Crippen LogP contribution is -2.32. The van der Waals surface area contributed by atoms with Gasteiger partial charge in [-0.3, -0.25) is 9.69 Å². The number of ether oxygens (including phenoxy) is 2. The number of carbonyl (C=O) groups is 1. The van der Waals surface area contributed by atoms with Gasteiger partial charge in [0.15, 0.2) is 5.82 Å². The monoisotopic (exact) mass is 476 g/mol. The molecule has 0 atom stereocenters. The second-order valence-electron chi connectivity index (χ2n) is 8.64. The Morgan fingerprint density at radius 3 is 2.74 bits per heavy atom. The first-order chi connectivity index (χ1) is 16.6.